The SMILES string of the molecule is CCOc1ccccc1NC(=O)c1ccnc(C(=O)NCCN2CCOCC2)c1. The van der Waals surface area contributed by atoms with Gasteiger partial charge in [0.05, 0.1) is 25.5 Å². The van der Waals surface area contributed by atoms with Crippen LogP contribution < -0.4 is 15.4 Å². The number of ether oxygens (including phenoxy) is 2. The van der Waals surface area contributed by atoms with Gasteiger partial charge >= 0.3 is 0 Å². The molecule has 0 atom stereocenters. The summed E-state index contributed by atoms with van der Waals surface area (Å²) >= 11 is 0. The van der Waals surface area contributed by atoms with Crippen molar-refractivity contribution in [2.75, 3.05) is 51.3 Å². The van der Waals surface area contributed by atoms with Crippen molar-refractivity contribution in [1.82, 2.24) is 15.2 Å². The first-order chi connectivity index (χ1) is 14.2. The van der Waals surface area contributed by atoms with E-state index in [9.17, 15) is 9.59 Å². The van der Waals surface area contributed by atoms with E-state index >= 15 is 0 Å². The van der Waals surface area contributed by atoms with Crippen molar-refractivity contribution < 1.29 is 19.1 Å². The minimum absolute atomic E-state index is 0.206. The summed E-state index contributed by atoms with van der Waals surface area (Å²) in [6.45, 7) is 6.82. The molecule has 8 nitrogen and oxygen atoms in total. The van der Waals surface area contributed by atoms with E-state index in [-0.39, 0.29) is 17.5 Å². The fourth-order valence-corrected chi connectivity index (χ4v) is 2.98. The van der Waals surface area contributed by atoms with Crippen LogP contribution in [0.25, 0.3) is 0 Å². The van der Waals surface area contributed by atoms with Crippen LogP contribution >= 0.6 is 0 Å². The molecule has 8 heteroatoms. The highest BCUT2D eigenvalue weighted by atomic mass is 16.5. The second kappa shape index (κ2) is 10.5. The van der Waals surface area contributed by atoms with Crippen molar-refractivity contribution in [2.24, 2.45) is 0 Å². The summed E-state index contributed by atoms with van der Waals surface area (Å²) in [5.74, 6) is -0.0389. The predicted octanol–water partition coefficient (Wildman–Crippen LogP) is 1.79. The van der Waals surface area contributed by atoms with Gasteiger partial charge in [-0.25, -0.2) is 0 Å². The van der Waals surface area contributed by atoms with Gasteiger partial charge in [0.15, 0.2) is 0 Å². The Balaban J connectivity index is 1.58. The molecule has 0 saturated carbocycles. The van der Waals surface area contributed by atoms with E-state index in [2.05, 4.69) is 20.5 Å². The first kappa shape index (κ1) is 20.8. The van der Waals surface area contributed by atoms with Gasteiger partial charge in [-0.1, -0.05) is 12.1 Å². The van der Waals surface area contributed by atoms with Crippen molar-refractivity contribution in [1.29, 1.82) is 0 Å². The lowest BCUT2D eigenvalue weighted by molar-refractivity contribution is 0.0383. The zero-order chi connectivity index (χ0) is 20.5. The molecule has 2 amide bonds. The normalized spacial score (nSPS) is 14.2. The van der Waals surface area contributed by atoms with Crippen molar-refractivity contribution in [2.45, 2.75) is 6.92 Å². The number of para-hydroxylation sites is 2. The lowest BCUT2D eigenvalue weighted by Crippen LogP contribution is -2.41. The van der Waals surface area contributed by atoms with Crippen LogP contribution in [0.3, 0.4) is 0 Å². The third kappa shape index (κ3) is 6.00. The predicted molar refractivity (Wildman–Crippen MR) is 109 cm³/mol. The maximum Gasteiger partial charge on any atom is 0.269 e. The van der Waals surface area contributed by atoms with E-state index in [4.69, 9.17) is 9.47 Å². The highest BCUT2D eigenvalue weighted by Gasteiger charge is 2.15. The van der Waals surface area contributed by atoms with Gasteiger partial charge in [0.1, 0.15) is 11.4 Å². The highest BCUT2D eigenvalue weighted by molar-refractivity contribution is 6.06. The van der Waals surface area contributed by atoms with Gasteiger partial charge in [-0.05, 0) is 31.2 Å². The first-order valence-corrected chi connectivity index (χ1v) is 9.75. The van der Waals surface area contributed by atoms with Crippen molar-refractivity contribution in [3.8, 4) is 5.75 Å². The molecule has 2 N–H and O–H groups in total. The summed E-state index contributed by atoms with van der Waals surface area (Å²) in [4.78, 5) is 31.3. The number of pyridine rings is 1. The molecule has 0 spiro atoms. The number of carbonyl (C=O) groups is 2. The van der Waals surface area contributed by atoms with Gasteiger partial charge in [-0.15, -0.1) is 0 Å². The number of anilines is 1. The quantitative estimate of drug-likeness (QED) is 0.704. The molecule has 154 valence electrons. The number of benzene rings is 1. The smallest absolute Gasteiger partial charge is 0.269 e. The van der Waals surface area contributed by atoms with Crippen LogP contribution in [-0.4, -0.2) is 67.7 Å². The van der Waals surface area contributed by atoms with Crippen molar-refractivity contribution in [3.63, 3.8) is 0 Å². The Labute approximate surface area is 170 Å². The maximum absolute atomic E-state index is 12.6. The largest absolute Gasteiger partial charge is 0.492 e. The summed E-state index contributed by atoms with van der Waals surface area (Å²) in [5.41, 5.74) is 1.13. The second-order valence-electron chi connectivity index (χ2n) is 6.52. The Morgan fingerprint density at radius 2 is 1.97 bits per heavy atom. The number of aromatic nitrogens is 1. The van der Waals surface area contributed by atoms with E-state index in [1.807, 2.05) is 19.1 Å². The minimum atomic E-state index is -0.332. The molecule has 3 rings (SSSR count). The van der Waals surface area contributed by atoms with Crippen LogP contribution in [0.15, 0.2) is 42.6 Å². The number of nitrogens with zero attached hydrogens (tertiary/aromatic N) is 2. The number of carbonyl (C=O) groups excluding carboxylic acids is 2. The van der Waals surface area contributed by atoms with E-state index in [1.54, 1.807) is 18.2 Å². The number of hydrogen-bond donors (Lipinski definition) is 2. The zero-order valence-electron chi connectivity index (χ0n) is 16.5. The van der Waals surface area contributed by atoms with E-state index in [1.165, 1.54) is 12.3 Å². The first-order valence-electron chi connectivity index (χ1n) is 9.75. The van der Waals surface area contributed by atoms with Gasteiger partial charge in [0.2, 0.25) is 0 Å². The topological polar surface area (TPSA) is 92.8 Å². The Morgan fingerprint density at radius 3 is 2.76 bits per heavy atom. The molecule has 2 heterocycles. The van der Waals surface area contributed by atoms with Crippen LogP contribution in [0.1, 0.15) is 27.8 Å². The molecule has 1 aliphatic rings. The zero-order valence-corrected chi connectivity index (χ0v) is 16.5. The summed E-state index contributed by atoms with van der Waals surface area (Å²) in [6, 6.07) is 10.3. The monoisotopic (exact) mass is 398 g/mol. The third-order valence-corrected chi connectivity index (χ3v) is 4.51. The molecule has 1 saturated heterocycles. The molecule has 2 aromatic rings. The number of amides is 2. The number of nitrogens with one attached hydrogen (secondary N) is 2. The Morgan fingerprint density at radius 1 is 1.17 bits per heavy atom. The molecular formula is C21H26N4O4. The van der Waals surface area contributed by atoms with Gasteiger partial charge in [-0.2, -0.15) is 0 Å². The van der Waals surface area contributed by atoms with Crippen LogP contribution in [-0.2, 0) is 4.74 Å². The van der Waals surface area contributed by atoms with Gasteiger partial charge in [0.25, 0.3) is 11.8 Å². The van der Waals surface area contributed by atoms with E-state index in [0.29, 0.717) is 30.2 Å². The Kier molecular flexibility index (Phi) is 7.54. The average Bonchev–Trinajstić information content (AvgIpc) is 2.76. The highest BCUT2D eigenvalue weighted by Crippen LogP contribution is 2.24. The molecule has 1 aromatic heterocycles. The van der Waals surface area contributed by atoms with Crippen LogP contribution in [0, 0.1) is 0 Å². The van der Waals surface area contributed by atoms with Crippen molar-refractivity contribution in [3.05, 3.63) is 53.9 Å². The minimum Gasteiger partial charge on any atom is -0.492 e. The fraction of sp³-hybridized carbons (Fsp3) is 0.381. The Hall–Kier alpha value is -2.97. The lowest BCUT2D eigenvalue weighted by atomic mass is 10.2. The van der Waals surface area contributed by atoms with Crippen LogP contribution in [0.2, 0.25) is 0 Å². The van der Waals surface area contributed by atoms with Crippen molar-refractivity contribution >= 4 is 17.5 Å². The van der Waals surface area contributed by atoms with Gasteiger partial charge < -0.3 is 20.1 Å². The van der Waals surface area contributed by atoms with E-state index < -0.39 is 0 Å². The second-order valence-corrected chi connectivity index (χ2v) is 6.52. The lowest BCUT2D eigenvalue weighted by Gasteiger charge is -2.26. The fourth-order valence-electron chi connectivity index (χ4n) is 2.98. The molecular weight excluding hydrogens is 372 g/mol. The molecule has 1 fully saturated rings. The number of morpholine rings is 1. The molecule has 1 aromatic carbocycles. The molecule has 1 aliphatic heterocycles. The molecule has 29 heavy (non-hydrogen) atoms. The molecule has 0 bridgehead atoms. The van der Waals surface area contributed by atoms with Crippen LogP contribution in [0.4, 0.5) is 5.69 Å². The summed E-state index contributed by atoms with van der Waals surface area (Å²) in [5, 5.41) is 5.67. The average molecular weight is 398 g/mol. The summed E-state index contributed by atoms with van der Waals surface area (Å²) in [7, 11) is 0. The third-order valence-electron chi connectivity index (χ3n) is 4.51. The molecule has 0 unspecified atom stereocenters. The summed E-state index contributed by atoms with van der Waals surface area (Å²) in [6.07, 6.45) is 1.46. The summed E-state index contributed by atoms with van der Waals surface area (Å²) < 4.78 is 10.8. The van der Waals surface area contributed by atoms with Gasteiger partial charge in [0, 0.05) is 37.9 Å². The maximum atomic E-state index is 12.6. The van der Waals surface area contributed by atoms with E-state index in [0.717, 1.165) is 32.8 Å². The van der Waals surface area contributed by atoms with Gasteiger partial charge in [-0.3, -0.25) is 19.5 Å². The molecule has 0 aliphatic carbocycles. The number of hydrogen-bond acceptors (Lipinski definition) is 6. The number of rotatable bonds is 8. The Bertz CT molecular complexity index is 837. The van der Waals surface area contributed by atoms with Crippen LogP contribution in [0.5, 0.6) is 5.75 Å². The standard InChI is InChI=1S/C21H26N4O4/c1-2-29-19-6-4-3-5-17(19)24-20(26)16-7-8-22-18(15-16)21(27)23-9-10-25-11-13-28-14-12-25/h3-8,15H,2,9-14H2,1H3,(H,23,27)(H,24,26). The molecule has 0 radical (unpaired) electrons.